The molecule has 4 nitrogen and oxygen atoms in total. The van der Waals surface area contributed by atoms with Crippen LogP contribution in [0.5, 0.6) is 5.75 Å². The summed E-state index contributed by atoms with van der Waals surface area (Å²) in [4.78, 5) is 16.6. The zero-order valence-electron chi connectivity index (χ0n) is 11.8. The molecule has 1 aliphatic heterocycles. The smallest absolute Gasteiger partial charge is 0.226 e. The van der Waals surface area contributed by atoms with Gasteiger partial charge in [-0.3, -0.25) is 9.69 Å². The summed E-state index contributed by atoms with van der Waals surface area (Å²) in [6, 6.07) is 10.5. The number of para-hydroxylation sites is 1. The van der Waals surface area contributed by atoms with E-state index < -0.39 is 0 Å². The summed E-state index contributed by atoms with van der Waals surface area (Å²) in [5.74, 6) is 1.05. The van der Waals surface area contributed by atoms with Crippen LogP contribution < -0.4 is 4.74 Å². The van der Waals surface area contributed by atoms with Gasteiger partial charge in [0, 0.05) is 32.2 Å². The third-order valence-electron chi connectivity index (χ3n) is 4.06. The van der Waals surface area contributed by atoms with Gasteiger partial charge >= 0.3 is 0 Å². The van der Waals surface area contributed by atoms with E-state index in [0.717, 1.165) is 38.0 Å². The largest absolute Gasteiger partial charge is 0.493 e. The van der Waals surface area contributed by atoms with Crippen LogP contribution in [0.1, 0.15) is 19.3 Å². The third-order valence-corrected chi connectivity index (χ3v) is 4.06. The van der Waals surface area contributed by atoms with E-state index in [1.807, 2.05) is 35.2 Å². The van der Waals surface area contributed by atoms with E-state index in [4.69, 9.17) is 4.74 Å². The van der Waals surface area contributed by atoms with E-state index in [1.165, 1.54) is 12.8 Å². The van der Waals surface area contributed by atoms with Gasteiger partial charge in [-0.1, -0.05) is 18.2 Å². The highest BCUT2D eigenvalue weighted by Crippen LogP contribution is 2.27. The number of nitrogens with zero attached hydrogens (tertiary/aromatic N) is 2. The lowest BCUT2D eigenvalue weighted by Crippen LogP contribution is -2.49. The Kier molecular flexibility index (Phi) is 4.21. The lowest BCUT2D eigenvalue weighted by atomic mass is 10.2. The van der Waals surface area contributed by atoms with Gasteiger partial charge in [-0.2, -0.15) is 0 Å². The van der Waals surface area contributed by atoms with E-state index in [2.05, 4.69) is 4.90 Å². The van der Waals surface area contributed by atoms with Gasteiger partial charge in [-0.25, -0.2) is 0 Å². The molecule has 20 heavy (non-hydrogen) atoms. The van der Waals surface area contributed by atoms with Crippen molar-refractivity contribution in [2.45, 2.75) is 25.3 Å². The summed E-state index contributed by atoms with van der Waals surface area (Å²) in [6.07, 6.45) is 3.16. The van der Waals surface area contributed by atoms with E-state index in [0.29, 0.717) is 13.0 Å². The summed E-state index contributed by atoms with van der Waals surface area (Å²) < 4.78 is 5.58. The second-order valence-corrected chi connectivity index (χ2v) is 5.56. The number of piperazine rings is 1. The maximum Gasteiger partial charge on any atom is 0.226 e. The maximum absolute atomic E-state index is 12.1. The standard InChI is InChI=1S/C16H22N2O2/c19-16(8-13-20-15-4-2-1-3-5-15)18-11-9-17(10-12-18)14-6-7-14/h1-5,14H,6-13H2. The molecule has 0 N–H and O–H groups in total. The molecule has 0 spiro atoms. The maximum atomic E-state index is 12.1. The molecule has 1 aromatic rings. The molecule has 1 aromatic carbocycles. The zero-order chi connectivity index (χ0) is 13.8. The van der Waals surface area contributed by atoms with Gasteiger partial charge in [0.15, 0.2) is 0 Å². The minimum absolute atomic E-state index is 0.219. The molecule has 0 bridgehead atoms. The number of hydrogen-bond donors (Lipinski definition) is 0. The lowest BCUT2D eigenvalue weighted by molar-refractivity contribution is -0.133. The number of ether oxygens (including phenoxy) is 1. The van der Waals surface area contributed by atoms with E-state index in [-0.39, 0.29) is 5.91 Å². The Balaban J connectivity index is 1.37. The van der Waals surface area contributed by atoms with Gasteiger partial charge in [-0.15, -0.1) is 0 Å². The second kappa shape index (κ2) is 6.27. The molecular weight excluding hydrogens is 252 g/mol. The van der Waals surface area contributed by atoms with Crippen molar-refractivity contribution in [1.82, 2.24) is 9.80 Å². The predicted molar refractivity (Wildman–Crippen MR) is 77.7 cm³/mol. The molecule has 1 saturated carbocycles. The summed E-state index contributed by atoms with van der Waals surface area (Å²) in [5.41, 5.74) is 0. The zero-order valence-corrected chi connectivity index (χ0v) is 11.8. The van der Waals surface area contributed by atoms with Crippen LogP contribution in [0.4, 0.5) is 0 Å². The molecule has 1 heterocycles. The first-order valence-electron chi connectivity index (χ1n) is 7.52. The summed E-state index contributed by atoms with van der Waals surface area (Å²) in [6.45, 7) is 4.29. The number of benzene rings is 1. The first kappa shape index (κ1) is 13.4. The van der Waals surface area contributed by atoms with Crippen molar-refractivity contribution in [2.24, 2.45) is 0 Å². The Bertz CT molecular complexity index is 437. The first-order valence-corrected chi connectivity index (χ1v) is 7.52. The number of hydrogen-bond acceptors (Lipinski definition) is 3. The molecule has 4 heteroatoms. The predicted octanol–water partition coefficient (Wildman–Crippen LogP) is 1.76. The fraction of sp³-hybridized carbons (Fsp3) is 0.562. The number of amides is 1. The molecule has 3 rings (SSSR count). The molecule has 0 unspecified atom stereocenters. The molecule has 1 amide bonds. The molecular formula is C16H22N2O2. The van der Waals surface area contributed by atoms with Crippen LogP contribution >= 0.6 is 0 Å². The van der Waals surface area contributed by atoms with Crippen molar-refractivity contribution in [3.05, 3.63) is 30.3 Å². The SMILES string of the molecule is O=C(CCOc1ccccc1)N1CCN(C2CC2)CC1. The van der Waals surface area contributed by atoms with Crippen molar-refractivity contribution < 1.29 is 9.53 Å². The monoisotopic (exact) mass is 274 g/mol. The van der Waals surface area contributed by atoms with Gasteiger partial charge in [0.25, 0.3) is 0 Å². The minimum Gasteiger partial charge on any atom is -0.493 e. The van der Waals surface area contributed by atoms with Crippen molar-refractivity contribution in [1.29, 1.82) is 0 Å². The lowest BCUT2D eigenvalue weighted by Gasteiger charge is -2.34. The Morgan fingerprint density at radius 1 is 1.10 bits per heavy atom. The Morgan fingerprint density at radius 3 is 2.45 bits per heavy atom. The van der Waals surface area contributed by atoms with Crippen LogP contribution in [-0.2, 0) is 4.79 Å². The van der Waals surface area contributed by atoms with Gasteiger partial charge in [0.2, 0.25) is 5.91 Å². The average Bonchev–Trinajstić information content (AvgIpc) is 3.33. The van der Waals surface area contributed by atoms with E-state index in [1.54, 1.807) is 0 Å². The van der Waals surface area contributed by atoms with Gasteiger partial charge in [0.05, 0.1) is 13.0 Å². The molecule has 2 fully saturated rings. The van der Waals surface area contributed by atoms with Crippen LogP contribution in [0.3, 0.4) is 0 Å². The van der Waals surface area contributed by atoms with Crippen molar-refractivity contribution >= 4 is 5.91 Å². The van der Waals surface area contributed by atoms with Crippen LogP contribution in [0.15, 0.2) is 30.3 Å². The quantitative estimate of drug-likeness (QED) is 0.820. The van der Waals surface area contributed by atoms with Gasteiger partial charge in [0.1, 0.15) is 5.75 Å². The van der Waals surface area contributed by atoms with Crippen LogP contribution in [0.25, 0.3) is 0 Å². The molecule has 0 radical (unpaired) electrons. The van der Waals surface area contributed by atoms with Crippen LogP contribution in [0, 0.1) is 0 Å². The molecule has 0 aromatic heterocycles. The van der Waals surface area contributed by atoms with E-state index >= 15 is 0 Å². The Labute approximate surface area is 120 Å². The Morgan fingerprint density at radius 2 is 1.80 bits per heavy atom. The normalized spacial score (nSPS) is 19.9. The van der Waals surface area contributed by atoms with Crippen molar-refractivity contribution in [3.63, 3.8) is 0 Å². The molecule has 108 valence electrons. The average molecular weight is 274 g/mol. The highest BCUT2D eigenvalue weighted by atomic mass is 16.5. The number of carbonyl (C=O) groups excluding carboxylic acids is 1. The van der Waals surface area contributed by atoms with Crippen molar-refractivity contribution in [2.75, 3.05) is 32.8 Å². The number of carbonyl (C=O) groups is 1. The summed E-state index contributed by atoms with van der Waals surface area (Å²) >= 11 is 0. The van der Waals surface area contributed by atoms with E-state index in [9.17, 15) is 4.79 Å². The highest BCUT2D eigenvalue weighted by molar-refractivity contribution is 5.76. The second-order valence-electron chi connectivity index (χ2n) is 5.56. The summed E-state index contributed by atoms with van der Waals surface area (Å²) in [7, 11) is 0. The van der Waals surface area contributed by atoms with Crippen LogP contribution in [0.2, 0.25) is 0 Å². The summed E-state index contributed by atoms with van der Waals surface area (Å²) in [5, 5.41) is 0. The highest BCUT2D eigenvalue weighted by Gasteiger charge is 2.32. The molecule has 2 aliphatic rings. The molecule has 0 atom stereocenters. The topological polar surface area (TPSA) is 32.8 Å². The fourth-order valence-electron chi connectivity index (χ4n) is 2.71. The minimum atomic E-state index is 0.219. The third kappa shape index (κ3) is 3.51. The van der Waals surface area contributed by atoms with Gasteiger partial charge < -0.3 is 9.64 Å². The first-order chi connectivity index (χ1) is 9.83. The number of rotatable bonds is 5. The van der Waals surface area contributed by atoms with Crippen LogP contribution in [-0.4, -0.2) is 54.5 Å². The van der Waals surface area contributed by atoms with Crippen molar-refractivity contribution in [3.8, 4) is 5.75 Å². The van der Waals surface area contributed by atoms with Gasteiger partial charge in [-0.05, 0) is 25.0 Å². The molecule has 1 aliphatic carbocycles. The Hall–Kier alpha value is -1.55. The molecule has 1 saturated heterocycles. The fourth-order valence-corrected chi connectivity index (χ4v) is 2.71.